The smallest absolute Gasteiger partial charge is 0.330 e. The van der Waals surface area contributed by atoms with E-state index in [1.807, 2.05) is 0 Å². The zero-order valence-electron chi connectivity index (χ0n) is 9.38. The molecule has 0 spiro atoms. The second-order valence-corrected chi connectivity index (χ2v) is 3.01. The van der Waals surface area contributed by atoms with Crippen molar-refractivity contribution in [1.82, 2.24) is 0 Å². The lowest BCUT2D eigenvalue weighted by Gasteiger charge is -2.03. The van der Waals surface area contributed by atoms with Crippen LogP contribution in [-0.2, 0) is 9.53 Å². The molecule has 0 aromatic heterocycles. The molecule has 0 saturated carbocycles. The summed E-state index contributed by atoms with van der Waals surface area (Å²) in [6.07, 6.45) is 2.42. The summed E-state index contributed by atoms with van der Waals surface area (Å²) < 4.78 is 9.29. The Morgan fingerprint density at radius 1 is 1.41 bits per heavy atom. The first-order valence-corrected chi connectivity index (χ1v) is 4.67. The molecule has 0 fully saturated rings. The van der Waals surface area contributed by atoms with Gasteiger partial charge in [-0.2, -0.15) is 0 Å². The average Bonchev–Trinajstić information content (AvgIpc) is 2.34. The van der Waals surface area contributed by atoms with Crippen LogP contribution in [0.5, 0.6) is 5.75 Å². The van der Waals surface area contributed by atoms with Gasteiger partial charge in [0, 0.05) is 6.08 Å². The van der Waals surface area contributed by atoms with Gasteiger partial charge in [-0.3, -0.25) is 10.1 Å². The molecule has 6 nitrogen and oxygen atoms in total. The van der Waals surface area contributed by atoms with E-state index in [1.54, 1.807) is 6.07 Å². The summed E-state index contributed by atoms with van der Waals surface area (Å²) in [6, 6.07) is 4.59. The van der Waals surface area contributed by atoms with Crippen LogP contribution in [0.4, 0.5) is 5.69 Å². The van der Waals surface area contributed by atoms with Crippen molar-refractivity contribution in [3.05, 3.63) is 40.0 Å². The number of benzene rings is 1. The summed E-state index contributed by atoms with van der Waals surface area (Å²) in [7, 11) is 2.57. The largest absolute Gasteiger partial charge is 0.490 e. The third kappa shape index (κ3) is 3.04. The topological polar surface area (TPSA) is 78.7 Å². The van der Waals surface area contributed by atoms with Crippen molar-refractivity contribution >= 4 is 17.7 Å². The number of para-hydroxylation sites is 1. The number of esters is 1. The monoisotopic (exact) mass is 237 g/mol. The van der Waals surface area contributed by atoms with E-state index in [2.05, 4.69) is 4.74 Å². The van der Waals surface area contributed by atoms with Crippen LogP contribution >= 0.6 is 0 Å². The fourth-order valence-corrected chi connectivity index (χ4v) is 1.26. The molecular weight excluding hydrogens is 226 g/mol. The molecule has 0 amide bonds. The standard InChI is InChI=1S/C11H11NO5/c1-16-9-5-3-4-8(11(9)12(14)15)6-7-10(13)17-2/h3-7H,1-2H3/b7-6+. The van der Waals surface area contributed by atoms with E-state index in [-0.39, 0.29) is 17.0 Å². The number of rotatable bonds is 4. The SMILES string of the molecule is COC(=O)/C=C/c1cccc(OC)c1[N+](=O)[O-]. The van der Waals surface area contributed by atoms with Crippen LogP contribution < -0.4 is 4.74 Å². The van der Waals surface area contributed by atoms with Crippen molar-refractivity contribution in [2.24, 2.45) is 0 Å². The molecule has 0 N–H and O–H groups in total. The molecule has 1 rings (SSSR count). The van der Waals surface area contributed by atoms with E-state index in [0.717, 1.165) is 6.08 Å². The van der Waals surface area contributed by atoms with Gasteiger partial charge in [-0.15, -0.1) is 0 Å². The first-order valence-electron chi connectivity index (χ1n) is 4.67. The predicted molar refractivity (Wildman–Crippen MR) is 60.7 cm³/mol. The highest BCUT2D eigenvalue weighted by Gasteiger charge is 2.18. The maximum absolute atomic E-state index is 10.9. The lowest BCUT2D eigenvalue weighted by atomic mass is 10.1. The van der Waals surface area contributed by atoms with Crippen LogP contribution in [0.3, 0.4) is 0 Å². The van der Waals surface area contributed by atoms with Gasteiger partial charge in [0.25, 0.3) is 0 Å². The Morgan fingerprint density at radius 3 is 2.65 bits per heavy atom. The molecular formula is C11H11NO5. The van der Waals surface area contributed by atoms with Gasteiger partial charge in [-0.1, -0.05) is 6.07 Å². The molecule has 0 aliphatic rings. The Bertz CT molecular complexity index is 467. The fraction of sp³-hybridized carbons (Fsp3) is 0.182. The lowest BCUT2D eigenvalue weighted by molar-refractivity contribution is -0.386. The quantitative estimate of drug-likeness (QED) is 0.345. The van der Waals surface area contributed by atoms with Crippen molar-refractivity contribution in [3.8, 4) is 5.75 Å². The first-order chi connectivity index (χ1) is 8.10. The maximum Gasteiger partial charge on any atom is 0.330 e. The molecule has 0 bridgehead atoms. The highest BCUT2D eigenvalue weighted by molar-refractivity contribution is 5.88. The Balaban J connectivity index is 3.19. The molecule has 0 saturated heterocycles. The van der Waals surface area contributed by atoms with Crippen molar-refractivity contribution in [2.75, 3.05) is 14.2 Å². The van der Waals surface area contributed by atoms with E-state index in [4.69, 9.17) is 4.74 Å². The van der Waals surface area contributed by atoms with E-state index < -0.39 is 10.9 Å². The zero-order chi connectivity index (χ0) is 12.8. The van der Waals surface area contributed by atoms with E-state index in [9.17, 15) is 14.9 Å². The molecule has 17 heavy (non-hydrogen) atoms. The van der Waals surface area contributed by atoms with Crippen molar-refractivity contribution < 1.29 is 19.2 Å². The van der Waals surface area contributed by atoms with Crippen molar-refractivity contribution in [1.29, 1.82) is 0 Å². The molecule has 0 radical (unpaired) electrons. The van der Waals surface area contributed by atoms with Gasteiger partial charge in [0.15, 0.2) is 5.75 Å². The Hall–Kier alpha value is -2.37. The second kappa shape index (κ2) is 5.64. The summed E-state index contributed by atoms with van der Waals surface area (Å²) in [5, 5.41) is 10.9. The fourth-order valence-electron chi connectivity index (χ4n) is 1.26. The number of nitrogens with zero attached hydrogens (tertiary/aromatic N) is 1. The zero-order valence-corrected chi connectivity index (χ0v) is 9.38. The maximum atomic E-state index is 10.9. The van der Waals surface area contributed by atoms with Gasteiger partial charge >= 0.3 is 11.7 Å². The summed E-state index contributed by atoms with van der Waals surface area (Å²) in [5.74, 6) is -0.441. The summed E-state index contributed by atoms with van der Waals surface area (Å²) in [6.45, 7) is 0. The third-order valence-corrected chi connectivity index (χ3v) is 2.03. The number of nitro benzene ring substituents is 1. The second-order valence-electron chi connectivity index (χ2n) is 3.01. The molecule has 0 aliphatic heterocycles. The average molecular weight is 237 g/mol. The van der Waals surface area contributed by atoms with Crippen LogP contribution in [-0.4, -0.2) is 25.1 Å². The normalized spacial score (nSPS) is 10.2. The minimum absolute atomic E-state index is 0.141. The van der Waals surface area contributed by atoms with E-state index in [0.29, 0.717) is 0 Å². The van der Waals surface area contributed by atoms with Crippen LogP contribution in [0.2, 0.25) is 0 Å². The third-order valence-electron chi connectivity index (χ3n) is 2.03. The number of carbonyl (C=O) groups is 1. The molecule has 0 heterocycles. The highest BCUT2D eigenvalue weighted by atomic mass is 16.6. The van der Waals surface area contributed by atoms with Gasteiger partial charge < -0.3 is 9.47 Å². The summed E-state index contributed by atoms with van der Waals surface area (Å²) in [4.78, 5) is 21.2. The number of nitro groups is 1. The molecule has 6 heteroatoms. The number of hydrogen-bond acceptors (Lipinski definition) is 5. The number of ether oxygens (including phenoxy) is 2. The van der Waals surface area contributed by atoms with E-state index >= 15 is 0 Å². The number of methoxy groups -OCH3 is 2. The van der Waals surface area contributed by atoms with Gasteiger partial charge in [0.2, 0.25) is 0 Å². The Morgan fingerprint density at radius 2 is 2.12 bits per heavy atom. The van der Waals surface area contributed by atoms with Crippen LogP contribution in [0.1, 0.15) is 5.56 Å². The van der Waals surface area contributed by atoms with Crippen LogP contribution in [0.25, 0.3) is 6.08 Å². The molecule has 0 atom stereocenters. The van der Waals surface area contributed by atoms with E-state index in [1.165, 1.54) is 32.4 Å². The minimum atomic E-state index is -0.581. The Kier molecular flexibility index (Phi) is 4.21. The highest BCUT2D eigenvalue weighted by Crippen LogP contribution is 2.31. The molecule has 1 aromatic rings. The molecule has 1 aromatic carbocycles. The van der Waals surface area contributed by atoms with Gasteiger partial charge in [-0.05, 0) is 18.2 Å². The molecule has 0 aliphatic carbocycles. The molecule has 90 valence electrons. The number of carbonyl (C=O) groups excluding carboxylic acids is 1. The van der Waals surface area contributed by atoms with Crippen LogP contribution in [0.15, 0.2) is 24.3 Å². The van der Waals surface area contributed by atoms with Gasteiger partial charge in [0.1, 0.15) is 0 Å². The van der Waals surface area contributed by atoms with Gasteiger partial charge in [0.05, 0.1) is 24.7 Å². The minimum Gasteiger partial charge on any atom is -0.490 e. The lowest BCUT2D eigenvalue weighted by Crippen LogP contribution is -1.97. The summed E-state index contributed by atoms with van der Waals surface area (Å²) >= 11 is 0. The summed E-state index contributed by atoms with van der Waals surface area (Å²) in [5.41, 5.74) is 0.0925. The molecule has 0 unspecified atom stereocenters. The van der Waals surface area contributed by atoms with Crippen LogP contribution in [0, 0.1) is 10.1 Å². The van der Waals surface area contributed by atoms with Crippen molar-refractivity contribution in [3.63, 3.8) is 0 Å². The first kappa shape index (κ1) is 12.7. The Labute approximate surface area is 97.6 Å². The van der Waals surface area contributed by atoms with Crippen molar-refractivity contribution in [2.45, 2.75) is 0 Å². The predicted octanol–water partition coefficient (Wildman–Crippen LogP) is 1.79. The number of hydrogen-bond donors (Lipinski definition) is 0. The van der Waals surface area contributed by atoms with Gasteiger partial charge in [-0.25, -0.2) is 4.79 Å².